The number of benzene rings is 1. The summed E-state index contributed by atoms with van der Waals surface area (Å²) in [5.74, 6) is 1.42. The minimum atomic E-state index is -0.290. The maximum Gasteiger partial charge on any atom is 0.142 e. The van der Waals surface area contributed by atoms with E-state index < -0.39 is 0 Å². The van der Waals surface area contributed by atoms with Crippen molar-refractivity contribution in [1.82, 2.24) is 5.32 Å². The summed E-state index contributed by atoms with van der Waals surface area (Å²) in [4.78, 5) is 0. The molecular formula is C16H21ClFN. The van der Waals surface area contributed by atoms with Gasteiger partial charge in [0.25, 0.3) is 0 Å². The topological polar surface area (TPSA) is 12.0 Å². The van der Waals surface area contributed by atoms with Crippen molar-refractivity contribution in [3.63, 3.8) is 0 Å². The summed E-state index contributed by atoms with van der Waals surface area (Å²) in [6.45, 7) is 1.04. The summed E-state index contributed by atoms with van der Waals surface area (Å²) in [7, 11) is 2.02. The van der Waals surface area contributed by atoms with E-state index in [1.807, 2.05) is 13.1 Å². The largest absolute Gasteiger partial charge is 0.319 e. The van der Waals surface area contributed by atoms with Crippen molar-refractivity contribution in [3.8, 4) is 0 Å². The van der Waals surface area contributed by atoms with Crippen molar-refractivity contribution < 1.29 is 4.39 Å². The van der Waals surface area contributed by atoms with Crippen LogP contribution in [0.2, 0.25) is 5.02 Å². The predicted octanol–water partition coefficient (Wildman–Crippen LogP) is 4.05. The molecule has 3 rings (SSSR count). The highest BCUT2D eigenvalue weighted by atomic mass is 35.5. The van der Waals surface area contributed by atoms with Crippen LogP contribution in [0.25, 0.3) is 0 Å². The van der Waals surface area contributed by atoms with Crippen molar-refractivity contribution in [1.29, 1.82) is 0 Å². The molecule has 2 saturated carbocycles. The van der Waals surface area contributed by atoms with Crippen LogP contribution in [0.5, 0.6) is 0 Å². The molecule has 2 aliphatic rings. The summed E-state index contributed by atoms with van der Waals surface area (Å²) in [5.41, 5.74) is 1.42. The first-order chi connectivity index (χ1) is 9.13. The second-order valence-electron chi connectivity index (χ2n) is 6.40. The Labute approximate surface area is 119 Å². The lowest BCUT2D eigenvalue weighted by molar-refractivity contribution is 0.160. The van der Waals surface area contributed by atoms with Gasteiger partial charge in [0.05, 0.1) is 5.02 Å². The van der Waals surface area contributed by atoms with Crippen LogP contribution in [0, 0.1) is 23.1 Å². The van der Waals surface area contributed by atoms with Gasteiger partial charge in [0, 0.05) is 6.54 Å². The van der Waals surface area contributed by atoms with Crippen molar-refractivity contribution in [2.75, 3.05) is 13.6 Å². The first-order valence-corrected chi connectivity index (χ1v) is 7.59. The Morgan fingerprint density at radius 3 is 2.84 bits per heavy atom. The standard InChI is InChI=1S/C16H21ClFN/c1-19-10-16(8-11-2-4-13(16)6-11)9-12-3-5-14(17)15(18)7-12/h3,5,7,11,13,19H,2,4,6,8-10H2,1H3. The van der Waals surface area contributed by atoms with E-state index in [2.05, 4.69) is 5.32 Å². The van der Waals surface area contributed by atoms with Gasteiger partial charge < -0.3 is 5.32 Å². The third-order valence-electron chi connectivity index (χ3n) is 5.17. The molecule has 3 atom stereocenters. The summed E-state index contributed by atoms with van der Waals surface area (Å²) in [6.07, 6.45) is 6.39. The maximum atomic E-state index is 13.6. The molecule has 1 nitrogen and oxygen atoms in total. The van der Waals surface area contributed by atoms with Crippen LogP contribution in [0.15, 0.2) is 18.2 Å². The molecular weight excluding hydrogens is 261 g/mol. The van der Waals surface area contributed by atoms with Crippen LogP contribution in [-0.2, 0) is 6.42 Å². The minimum Gasteiger partial charge on any atom is -0.319 e. The van der Waals surface area contributed by atoms with Crippen LogP contribution in [0.1, 0.15) is 31.2 Å². The number of hydrogen-bond acceptors (Lipinski definition) is 1. The molecule has 104 valence electrons. The normalized spacial score (nSPS) is 33.0. The highest BCUT2D eigenvalue weighted by Crippen LogP contribution is 2.57. The van der Waals surface area contributed by atoms with Gasteiger partial charge in [0.15, 0.2) is 0 Å². The average molecular weight is 282 g/mol. The van der Waals surface area contributed by atoms with E-state index in [1.54, 1.807) is 12.1 Å². The Bertz CT molecular complexity index is 476. The van der Waals surface area contributed by atoms with Gasteiger partial charge in [-0.05, 0) is 67.7 Å². The van der Waals surface area contributed by atoms with Gasteiger partial charge in [0.1, 0.15) is 5.82 Å². The number of nitrogens with one attached hydrogen (secondary N) is 1. The fourth-order valence-corrected chi connectivity index (χ4v) is 4.58. The van der Waals surface area contributed by atoms with Crippen LogP contribution < -0.4 is 5.32 Å². The molecule has 1 N–H and O–H groups in total. The first kappa shape index (κ1) is 13.4. The van der Waals surface area contributed by atoms with Crippen molar-refractivity contribution in [3.05, 3.63) is 34.6 Å². The summed E-state index contributed by atoms with van der Waals surface area (Å²) < 4.78 is 13.6. The van der Waals surface area contributed by atoms with Gasteiger partial charge >= 0.3 is 0 Å². The molecule has 0 saturated heterocycles. The average Bonchev–Trinajstić information content (AvgIpc) is 2.95. The van der Waals surface area contributed by atoms with E-state index >= 15 is 0 Å². The van der Waals surface area contributed by atoms with Crippen molar-refractivity contribution in [2.24, 2.45) is 17.3 Å². The lowest BCUT2D eigenvalue weighted by atomic mass is 9.69. The van der Waals surface area contributed by atoms with E-state index in [-0.39, 0.29) is 10.8 Å². The van der Waals surface area contributed by atoms with E-state index in [1.165, 1.54) is 25.7 Å². The van der Waals surface area contributed by atoms with Gasteiger partial charge in [-0.1, -0.05) is 24.1 Å². The number of rotatable bonds is 4. The third kappa shape index (κ3) is 2.41. The third-order valence-corrected chi connectivity index (χ3v) is 5.48. The van der Waals surface area contributed by atoms with Crippen LogP contribution in [-0.4, -0.2) is 13.6 Å². The van der Waals surface area contributed by atoms with Crippen molar-refractivity contribution in [2.45, 2.75) is 32.1 Å². The molecule has 0 aromatic heterocycles. The highest BCUT2D eigenvalue weighted by Gasteiger charge is 2.50. The van der Waals surface area contributed by atoms with Gasteiger partial charge in [-0.3, -0.25) is 0 Å². The van der Waals surface area contributed by atoms with Gasteiger partial charge in [0.2, 0.25) is 0 Å². The summed E-state index contributed by atoms with van der Waals surface area (Å²) >= 11 is 5.77. The Kier molecular flexibility index (Phi) is 3.57. The van der Waals surface area contributed by atoms with Crippen LogP contribution in [0.4, 0.5) is 4.39 Å². The fraction of sp³-hybridized carbons (Fsp3) is 0.625. The van der Waals surface area contributed by atoms with Crippen LogP contribution in [0.3, 0.4) is 0 Å². The molecule has 1 aromatic rings. The predicted molar refractivity (Wildman–Crippen MR) is 76.9 cm³/mol. The van der Waals surface area contributed by atoms with E-state index in [0.29, 0.717) is 5.41 Å². The maximum absolute atomic E-state index is 13.6. The molecule has 0 radical (unpaired) electrons. The Balaban J connectivity index is 1.84. The molecule has 0 heterocycles. The zero-order valence-corrected chi connectivity index (χ0v) is 12.1. The monoisotopic (exact) mass is 281 g/mol. The quantitative estimate of drug-likeness (QED) is 0.878. The molecule has 3 heteroatoms. The summed E-state index contributed by atoms with van der Waals surface area (Å²) in [6, 6.07) is 5.28. The number of hydrogen-bond donors (Lipinski definition) is 1. The molecule has 3 unspecified atom stereocenters. The lowest BCUT2D eigenvalue weighted by Crippen LogP contribution is -2.39. The fourth-order valence-electron chi connectivity index (χ4n) is 4.46. The lowest BCUT2D eigenvalue weighted by Gasteiger charge is -2.38. The summed E-state index contributed by atoms with van der Waals surface area (Å²) in [5, 5.41) is 3.58. The molecule has 2 aliphatic carbocycles. The Hall–Kier alpha value is -0.600. The molecule has 0 aliphatic heterocycles. The van der Waals surface area contributed by atoms with Gasteiger partial charge in [-0.15, -0.1) is 0 Å². The molecule has 0 spiro atoms. The number of halogens is 2. The molecule has 1 aromatic carbocycles. The molecule has 19 heavy (non-hydrogen) atoms. The number of fused-ring (bicyclic) bond motifs is 2. The zero-order chi connectivity index (χ0) is 13.5. The molecule has 0 amide bonds. The Morgan fingerprint density at radius 1 is 1.42 bits per heavy atom. The van der Waals surface area contributed by atoms with Gasteiger partial charge in [-0.25, -0.2) is 4.39 Å². The second kappa shape index (κ2) is 5.06. The highest BCUT2D eigenvalue weighted by molar-refractivity contribution is 6.30. The van der Waals surface area contributed by atoms with E-state index in [4.69, 9.17) is 11.6 Å². The van der Waals surface area contributed by atoms with Crippen molar-refractivity contribution >= 4 is 11.6 Å². The van der Waals surface area contributed by atoms with E-state index in [9.17, 15) is 4.39 Å². The second-order valence-corrected chi connectivity index (χ2v) is 6.81. The minimum absolute atomic E-state index is 0.222. The first-order valence-electron chi connectivity index (χ1n) is 7.21. The SMILES string of the molecule is CNCC1(Cc2ccc(Cl)c(F)c2)CC2CCC1C2. The van der Waals surface area contributed by atoms with E-state index in [0.717, 1.165) is 30.4 Å². The Morgan fingerprint density at radius 2 is 2.26 bits per heavy atom. The van der Waals surface area contributed by atoms with Crippen LogP contribution >= 0.6 is 11.6 Å². The molecule has 2 bridgehead atoms. The zero-order valence-electron chi connectivity index (χ0n) is 11.4. The molecule has 2 fully saturated rings. The smallest absolute Gasteiger partial charge is 0.142 e. The van der Waals surface area contributed by atoms with Gasteiger partial charge in [-0.2, -0.15) is 0 Å².